The molecule has 0 aliphatic heterocycles. The molecule has 1 rings (SSSR count). The highest BCUT2D eigenvalue weighted by Crippen LogP contribution is 2.22. The molecule has 1 N–H and O–H groups in total. The molecule has 0 saturated carbocycles. The molecular weight excluding hydrogens is 258 g/mol. The van der Waals surface area contributed by atoms with Crippen LogP contribution in [0.2, 0.25) is 0 Å². The van der Waals surface area contributed by atoms with E-state index in [1.807, 2.05) is 32.0 Å². The molecule has 0 unspecified atom stereocenters. The van der Waals surface area contributed by atoms with Gasteiger partial charge in [-0.3, -0.25) is 4.79 Å². The number of methoxy groups -OCH3 is 1. The molecule has 0 atom stereocenters. The Morgan fingerprint density at radius 1 is 1.25 bits per heavy atom. The van der Waals surface area contributed by atoms with E-state index in [0.717, 1.165) is 16.9 Å². The van der Waals surface area contributed by atoms with Crippen molar-refractivity contribution in [3.8, 4) is 5.75 Å². The van der Waals surface area contributed by atoms with Crippen LogP contribution >= 0.6 is 0 Å². The molecule has 0 radical (unpaired) electrons. The number of aryl methyl sites for hydroxylation is 2. The van der Waals surface area contributed by atoms with Gasteiger partial charge < -0.3 is 19.5 Å². The third-order valence-corrected chi connectivity index (χ3v) is 3.04. The molecule has 0 spiro atoms. The van der Waals surface area contributed by atoms with Crippen LogP contribution in [0.5, 0.6) is 5.75 Å². The summed E-state index contributed by atoms with van der Waals surface area (Å²) in [5.74, 6) is 0.593. The summed E-state index contributed by atoms with van der Waals surface area (Å²) in [6.07, 6.45) is 0. The summed E-state index contributed by atoms with van der Waals surface area (Å²) in [4.78, 5) is 13.6. The minimum absolute atomic E-state index is 0.0323. The van der Waals surface area contributed by atoms with Gasteiger partial charge in [0.05, 0.1) is 13.2 Å². The molecule has 5 heteroatoms. The Kier molecular flexibility index (Phi) is 7.04. The fourth-order valence-electron chi connectivity index (χ4n) is 1.94. The Balaban J connectivity index is 2.60. The van der Waals surface area contributed by atoms with E-state index >= 15 is 0 Å². The average molecular weight is 281 g/mol. The predicted molar refractivity (Wildman–Crippen MR) is 77.0 cm³/mol. The van der Waals surface area contributed by atoms with Gasteiger partial charge >= 0.3 is 0 Å². The van der Waals surface area contributed by atoms with Gasteiger partial charge in [0.2, 0.25) is 0 Å². The summed E-state index contributed by atoms with van der Waals surface area (Å²) < 4.78 is 10.6. The number of carbonyl (C=O) groups is 1. The highest BCUT2D eigenvalue weighted by molar-refractivity contribution is 5.77. The lowest BCUT2D eigenvalue weighted by atomic mass is 10.1. The van der Waals surface area contributed by atoms with Crippen LogP contribution in [0.4, 0.5) is 0 Å². The van der Waals surface area contributed by atoms with Gasteiger partial charge in [0, 0.05) is 20.2 Å². The van der Waals surface area contributed by atoms with E-state index in [1.165, 1.54) is 4.90 Å². The van der Waals surface area contributed by atoms with Crippen molar-refractivity contribution in [1.29, 1.82) is 0 Å². The first kappa shape index (κ1) is 16.5. The quantitative estimate of drug-likeness (QED) is 0.776. The Labute approximate surface area is 120 Å². The standard InChI is InChI=1S/C15H23NO4/c1-12-5-4-6-13(2)15(12)20-11-14(18)16(7-9-17)8-10-19-3/h4-6,17H,7-11H2,1-3H3. The summed E-state index contributed by atoms with van der Waals surface area (Å²) in [7, 11) is 1.58. The molecule has 0 fully saturated rings. The van der Waals surface area contributed by atoms with E-state index in [1.54, 1.807) is 7.11 Å². The third kappa shape index (κ3) is 4.83. The summed E-state index contributed by atoms with van der Waals surface area (Å²) >= 11 is 0. The minimum atomic E-state index is -0.154. The van der Waals surface area contributed by atoms with Crippen LogP contribution in [0.1, 0.15) is 11.1 Å². The van der Waals surface area contributed by atoms with Gasteiger partial charge in [0.1, 0.15) is 5.75 Å². The first-order valence-electron chi connectivity index (χ1n) is 6.66. The molecule has 0 saturated heterocycles. The van der Waals surface area contributed by atoms with Gasteiger partial charge in [-0.1, -0.05) is 18.2 Å². The molecule has 0 aliphatic carbocycles. The predicted octanol–water partition coefficient (Wildman–Crippen LogP) is 1.15. The molecule has 1 aromatic carbocycles. The molecule has 20 heavy (non-hydrogen) atoms. The van der Waals surface area contributed by atoms with E-state index < -0.39 is 0 Å². The van der Waals surface area contributed by atoms with E-state index in [0.29, 0.717) is 13.2 Å². The maximum absolute atomic E-state index is 12.1. The Hall–Kier alpha value is -1.59. The number of amides is 1. The average Bonchev–Trinajstić information content (AvgIpc) is 2.42. The summed E-state index contributed by atoms with van der Waals surface area (Å²) in [5.41, 5.74) is 2.01. The number of aliphatic hydroxyl groups is 1. The zero-order valence-corrected chi connectivity index (χ0v) is 12.4. The second kappa shape index (κ2) is 8.55. The molecule has 0 aromatic heterocycles. The van der Waals surface area contributed by atoms with E-state index in [2.05, 4.69) is 0 Å². The molecule has 1 amide bonds. The Bertz CT molecular complexity index is 414. The summed E-state index contributed by atoms with van der Waals surface area (Å²) in [6.45, 7) is 4.97. The Morgan fingerprint density at radius 2 is 1.90 bits per heavy atom. The number of nitrogens with zero attached hydrogens (tertiary/aromatic N) is 1. The van der Waals surface area contributed by atoms with E-state index in [4.69, 9.17) is 14.6 Å². The molecule has 1 aromatic rings. The fraction of sp³-hybridized carbons (Fsp3) is 0.533. The van der Waals surface area contributed by atoms with Crippen molar-refractivity contribution in [3.63, 3.8) is 0 Å². The van der Waals surface area contributed by atoms with Crippen molar-refractivity contribution in [2.75, 3.05) is 40.0 Å². The van der Waals surface area contributed by atoms with Gasteiger partial charge in [-0.15, -0.1) is 0 Å². The van der Waals surface area contributed by atoms with Gasteiger partial charge in [-0.05, 0) is 25.0 Å². The van der Waals surface area contributed by atoms with Crippen LogP contribution in [0.25, 0.3) is 0 Å². The number of hydrogen-bond donors (Lipinski definition) is 1. The highest BCUT2D eigenvalue weighted by Gasteiger charge is 2.14. The molecule has 0 aliphatic rings. The third-order valence-electron chi connectivity index (χ3n) is 3.04. The molecule has 0 bridgehead atoms. The van der Waals surface area contributed by atoms with Gasteiger partial charge in [-0.2, -0.15) is 0 Å². The van der Waals surface area contributed by atoms with Crippen molar-refractivity contribution < 1.29 is 19.4 Å². The van der Waals surface area contributed by atoms with Crippen LogP contribution in [0.3, 0.4) is 0 Å². The normalized spacial score (nSPS) is 10.4. The number of aliphatic hydroxyl groups excluding tert-OH is 1. The van der Waals surface area contributed by atoms with Crippen molar-refractivity contribution in [1.82, 2.24) is 4.90 Å². The maximum atomic E-state index is 12.1. The second-order valence-electron chi connectivity index (χ2n) is 4.61. The monoisotopic (exact) mass is 281 g/mol. The maximum Gasteiger partial charge on any atom is 0.260 e. The zero-order valence-electron chi connectivity index (χ0n) is 12.4. The van der Waals surface area contributed by atoms with Crippen molar-refractivity contribution in [2.24, 2.45) is 0 Å². The summed E-state index contributed by atoms with van der Waals surface area (Å²) in [5, 5.41) is 8.98. The van der Waals surface area contributed by atoms with Crippen LogP contribution in [-0.2, 0) is 9.53 Å². The van der Waals surface area contributed by atoms with Crippen LogP contribution in [0, 0.1) is 13.8 Å². The topological polar surface area (TPSA) is 59.0 Å². The highest BCUT2D eigenvalue weighted by atomic mass is 16.5. The number of para-hydroxylation sites is 1. The van der Waals surface area contributed by atoms with Crippen LogP contribution in [-0.4, -0.2) is 55.9 Å². The van der Waals surface area contributed by atoms with Crippen molar-refractivity contribution in [2.45, 2.75) is 13.8 Å². The van der Waals surface area contributed by atoms with Crippen LogP contribution < -0.4 is 4.74 Å². The van der Waals surface area contributed by atoms with Crippen LogP contribution in [0.15, 0.2) is 18.2 Å². The molecular formula is C15H23NO4. The minimum Gasteiger partial charge on any atom is -0.483 e. The lowest BCUT2D eigenvalue weighted by Crippen LogP contribution is -2.39. The Morgan fingerprint density at radius 3 is 2.45 bits per heavy atom. The molecule has 0 heterocycles. The molecule has 112 valence electrons. The fourth-order valence-corrected chi connectivity index (χ4v) is 1.94. The van der Waals surface area contributed by atoms with E-state index in [-0.39, 0.29) is 25.7 Å². The number of carbonyl (C=O) groups excluding carboxylic acids is 1. The second-order valence-corrected chi connectivity index (χ2v) is 4.61. The lowest BCUT2D eigenvalue weighted by Gasteiger charge is -2.22. The van der Waals surface area contributed by atoms with Gasteiger partial charge in [0.25, 0.3) is 5.91 Å². The number of ether oxygens (including phenoxy) is 2. The number of rotatable bonds is 8. The van der Waals surface area contributed by atoms with Gasteiger partial charge in [-0.25, -0.2) is 0 Å². The van der Waals surface area contributed by atoms with Crippen molar-refractivity contribution in [3.05, 3.63) is 29.3 Å². The van der Waals surface area contributed by atoms with Gasteiger partial charge in [0.15, 0.2) is 6.61 Å². The lowest BCUT2D eigenvalue weighted by molar-refractivity contribution is -0.134. The van der Waals surface area contributed by atoms with Crippen molar-refractivity contribution >= 4 is 5.91 Å². The first-order valence-corrected chi connectivity index (χ1v) is 6.66. The number of benzene rings is 1. The SMILES string of the molecule is COCCN(CCO)C(=O)COc1c(C)cccc1C. The zero-order chi connectivity index (χ0) is 15.0. The smallest absolute Gasteiger partial charge is 0.260 e. The summed E-state index contributed by atoms with van der Waals surface area (Å²) in [6, 6.07) is 5.85. The number of hydrogen-bond acceptors (Lipinski definition) is 4. The van der Waals surface area contributed by atoms with E-state index in [9.17, 15) is 4.79 Å². The largest absolute Gasteiger partial charge is 0.483 e. The molecule has 5 nitrogen and oxygen atoms in total. The first-order chi connectivity index (χ1) is 9.60.